The molecule has 0 aliphatic heterocycles. The van der Waals surface area contributed by atoms with Crippen LogP contribution in [0.2, 0.25) is 5.02 Å². The first-order valence-electron chi connectivity index (χ1n) is 6.80. The molecule has 0 aliphatic rings. The van der Waals surface area contributed by atoms with Gasteiger partial charge >= 0.3 is 0 Å². The van der Waals surface area contributed by atoms with Crippen LogP contribution in [-0.2, 0) is 4.79 Å². The second-order valence-electron chi connectivity index (χ2n) is 4.87. The fraction of sp³-hybridized carbons (Fsp3) is 0. The number of aldehydes is 1. The largest absolute Gasteiger partial charge is 0.299 e. The van der Waals surface area contributed by atoms with Gasteiger partial charge in [0.15, 0.2) is 0 Å². The van der Waals surface area contributed by atoms with Crippen LogP contribution in [0.5, 0.6) is 0 Å². The molecule has 22 heavy (non-hydrogen) atoms. The van der Waals surface area contributed by atoms with E-state index in [9.17, 15) is 9.18 Å². The standard InChI is InChI=1S/C19H12ClFO/c20-19-12-18(13-7-9-14(21)10-8-13)16(6-3-11-22)15-4-1-2-5-17(15)19/h1-12H/b6-3+. The van der Waals surface area contributed by atoms with Gasteiger partial charge in [-0.05, 0) is 46.4 Å². The van der Waals surface area contributed by atoms with Crippen molar-refractivity contribution >= 4 is 34.7 Å². The van der Waals surface area contributed by atoms with E-state index in [-0.39, 0.29) is 5.82 Å². The first-order valence-corrected chi connectivity index (χ1v) is 7.17. The zero-order valence-corrected chi connectivity index (χ0v) is 12.3. The molecule has 0 amide bonds. The number of allylic oxidation sites excluding steroid dienone is 1. The van der Waals surface area contributed by atoms with Crippen LogP contribution in [0.25, 0.3) is 28.0 Å². The van der Waals surface area contributed by atoms with E-state index in [0.717, 1.165) is 33.7 Å². The smallest absolute Gasteiger partial charge is 0.142 e. The van der Waals surface area contributed by atoms with Crippen molar-refractivity contribution in [1.29, 1.82) is 0 Å². The lowest BCUT2D eigenvalue weighted by Crippen LogP contribution is -1.88. The highest BCUT2D eigenvalue weighted by atomic mass is 35.5. The van der Waals surface area contributed by atoms with Gasteiger partial charge in [-0.15, -0.1) is 0 Å². The Kier molecular flexibility index (Phi) is 4.03. The molecule has 1 nitrogen and oxygen atoms in total. The Morgan fingerprint density at radius 3 is 2.32 bits per heavy atom. The second-order valence-corrected chi connectivity index (χ2v) is 5.27. The van der Waals surface area contributed by atoms with Crippen LogP contribution in [0.1, 0.15) is 5.56 Å². The maximum Gasteiger partial charge on any atom is 0.142 e. The van der Waals surface area contributed by atoms with Crippen molar-refractivity contribution in [2.75, 3.05) is 0 Å². The number of benzene rings is 3. The summed E-state index contributed by atoms with van der Waals surface area (Å²) in [5, 5.41) is 2.49. The summed E-state index contributed by atoms with van der Waals surface area (Å²) in [6.45, 7) is 0. The molecule has 0 bridgehead atoms. The molecule has 0 saturated carbocycles. The average Bonchev–Trinajstić information content (AvgIpc) is 2.55. The van der Waals surface area contributed by atoms with Gasteiger partial charge in [0.05, 0.1) is 0 Å². The van der Waals surface area contributed by atoms with E-state index in [0.29, 0.717) is 5.02 Å². The molecule has 3 aromatic carbocycles. The lowest BCUT2D eigenvalue weighted by atomic mass is 9.94. The molecule has 0 aromatic heterocycles. The SMILES string of the molecule is O=C/C=C/c1c(-c2ccc(F)cc2)cc(Cl)c2ccccc12. The first-order chi connectivity index (χ1) is 10.7. The zero-order valence-electron chi connectivity index (χ0n) is 11.6. The molecule has 0 heterocycles. The molecular formula is C19H12ClFO. The third-order valence-electron chi connectivity index (χ3n) is 3.53. The van der Waals surface area contributed by atoms with E-state index in [1.54, 1.807) is 18.2 Å². The third kappa shape index (κ3) is 2.66. The quantitative estimate of drug-likeness (QED) is 0.460. The van der Waals surface area contributed by atoms with E-state index >= 15 is 0 Å². The summed E-state index contributed by atoms with van der Waals surface area (Å²) in [7, 11) is 0. The van der Waals surface area contributed by atoms with Crippen LogP contribution in [-0.4, -0.2) is 6.29 Å². The highest BCUT2D eigenvalue weighted by molar-refractivity contribution is 6.36. The Morgan fingerprint density at radius 2 is 1.64 bits per heavy atom. The lowest BCUT2D eigenvalue weighted by Gasteiger charge is -2.12. The van der Waals surface area contributed by atoms with Crippen LogP contribution in [0.4, 0.5) is 4.39 Å². The van der Waals surface area contributed by atoms with Gasteiger partial charge in [0.2, 0.25) is 0 Å². The van der Waals surface area contributed by atoms with E-state index in [1.165, 1.54) is 18.2 Å². The van der Waals surface area contributed by atoms with E-state index < -0.39 is 0 Å². The lowest BCUT2D eigenvalue weighted by molar-refractivity contribution is -0.104. The van der Waals surface area contributed by atoms with Crippen molar-refractivity contribution in [2.45, 2.75) is 0 Å². The van der Waals surface area contributed by atoms with Gasteiger partial charge in [-0.2, -0.15) is 0 Å². The van der Waals surface area contributed by atoms with Crippen LogP contribution in [0.3, 0.4) is 0 Å². The van der Waals surface area contributed by atoms with Crippen LogP contribution < -0.4 is 0 Å². The Bertz CT molecular complexity index is 866. The zero-order chi connectivity index (χ0) is 15.5. The minimum atomic E-state index is -0.291. The maximum absolute atomic E-state index is 13.2. The van der Waals surface area contributed by atoms with Gasteiger partial charge in [-0.25, -0.2) is 4.39 Å². The second kappa shape index (κ2) is 6.12. The first kappa shape index (κ1) is 14.5. The Morgan fingerprint density at radius 1 is 0.955 bits per heavy atom. The number of carbonyl (C=O) groups excluding carboxylic acids is 1. The molecule has 3 rings (SSSR count). The molecule has 3 aromatic rings. The molecule has 0 saturated heterocycles. The molecule has 0 aliphatic carbocycles. The molecule has 0 spiro atoms. The molecule has 0 N–H and O–H groups in total. The van der Waals surface area contributed by atoms with Gasteiger partial charge < -0.3 is 0 Å². The van der Waals surface area contributed by atoms with Crippen molar-refractivity contribution in [2.24, 2.45) is 0 Å². The van der Waals surface area contributed by atoms with Crippen LogP contribution in [0.15, 0.2) is 60.7 Å². The Labute approximate surface area is 132 Å². The van der Waals surface area contributed by atoms with Crippen LogP contribution in [0, 0.1) is 5.82 Å². The van der Waals surface area contributed by atoms with Gasteiger partial charge in [0.25, 0.3) is 0 Å². The average molecular weight is 311 g/mol. The minimum absolute atomic E-state index is 0.291. The molecule has 3 heteroatoms. The van der Waals surface area contributed by atoms with Crippen LogP contribution >= 0.6 is 11.6 Å². The predicted octanol–water partition coefficient (Wildman–Crippen LogP) is 5.51. The predicted molar refractivity (Wildman–Crippen MR) is 89.5 cm³/mol. The van der Waals surface area contributed by atoms with Crippen molar-refractivity contribution < 1.29 is 9.18 Å². The van der Waals surface area contributed by atoms with E-state index in [1.807, 2.05) is 30.3 Å². The summed E-state index contributed by atoms with van der Waals surface area (Å²) in [4.78, 5) is 10.7. The number of hydrogen-bond acceptors (Lipinski definition) is 1. The van der Waals surface area contributed by atoms with Crippen molar-refractivity contribution in [3.63, 3.8) is 0 Å². The number of halogens is 2. The Balaban J connectivity index is 2.35. The van der Waals surface area contributed by atoms with E-state index in [2.05, 4.69) is 0 Å². The summed E-state index contributed by atoms with van der Waals surface area (Å²) >= 11 is 6.38. The monoisotopic (exact) mass is 310 g/mol. The van der Waals surface area contributed by atoms with Gasteiger partial charge in [-0.1, -0.05) is 54.1 Å². The van der Waals surface area contributed by atoms with Crippen molar-refractivity contribution in [3.8, 4) is 11.1 Å². The summed E-state index contributed by atoms with van der Waals surface area (Å²) in [5.74, 6) is -0.291. The maximum atomic E-state index is 13.2. The molecule has 108 valence electrons. The summed E-state index contributed by atoms with van der Waals surface area (Å²) in [6.07, 6.45) is 3.94. The van der Waals surface area contributed by atoms with Crippen molar-refractivity contribution in [3.05, 3.63) is 77.1 Å². The normalized spacial score (nSPS) is 11.2. The number of hydrogen-bond donors (Lipinski definition) is 0. The van der Waals surface area contributed by atoms with Gasteiger partial charge in [0, 0.05) is 10.4 Å². The fourth-order valence-corrected chi connectivity index (χ4v) is 2.81. The molecule has 0 unspecified atom stereocenters. The van der Waals surface area contributed by atoms with Gasteiger partial charge in [-0.3, -0.25) is 4.79 Å². The molecule has 0 atom stereocenters. The summed E-state index contributed by atoms with van der Waals surface area (Å²) in [5.41, 5.74) is 2.60. The molecular weight excluding hydrogens is 299 g/mol. The highest BCUT2D eigenvalue weighted by Gasteiger charge is 2.11. The highest BCUT2D eigenvalue weighted by Crippen LogP contribution is 2.36. The van der Waals surface area contributed by atoms with E-state index in [4.69, 9.17) is 11.6 Å². The fourth-order valence-electron chi connectivity index (χ4n) is 2.54. The molecule has 0 fully saturated rings. The minimum Gasteiger partial charge on any atom is -0.299 e. The topological polar surface area (TPSA) is 17.1 Å². The number of rotatable bonds is 3. The summed E-state index contributed by atoms with van der Waals surface area (Å²) in [6, 6.07) is 15.8. The third-order valence-corrected chi connectivity index (χ3v) is 3.85. The summed E-state index contributed by atoms with van der Waals surface area (Å²) < 4.78 is 13.2. The number of carbonyl (C=O) groups is 1. The van der Waals surface area contributed by atoms with Gasteiger partial charge in [0.1, 0.15) is 12.1 Å². The number of fused-ring (bicyclic) bond motifs is 1. The Hall–Kier alpha value is -2.45. The van der Waals surface area contributed by atoms with Crippen molar-refractivity contribution in [1.82, 2.24) is 0 Å². The molecule has 0 radical (unpaired) electrons.